The standard InChI is InChI=1S/2C8H15NO/c1-7(2)9-5-3-8(10)4-6-9;1-7(2)9-5-3-4-8(10)6-9/h2*7H,3-6H2,1-2H3. The van der Waals surface area contributed by atoms with Crippen LogP contribution in [0.3, 0.4) is 0 Å². The van der Waals surface area contributed by atoms with E-state index in [1.165, 1.54) is 0 Å². The number of nitrogens with zero attached hydrogens (tertiary/aromatic N) is 2. The van der Waals surface area contributed by atoms with Crippen LogP contribution in [0.25, 0.3) is 0 Å². The summed E-state index contributed by atoms with van der Waals surface area (Å²) in [5, 5.41) is 0. The van der Waals surface area contributed by atoms with Crippen molar-refractivity contribution in [3.63, 3.8) is 0 Å². The molecular formula is C16H30N2O2. The van der Waals surface area contributed by atoms with E-state index in [0.717, 1.165) is 45.3 Å². The number of Topliss-reactive ketones (excluding diaryl/α,β-unsaturated/α-hetero) is 2. The minimum Gasteiger partial charge on any atom is -0.300 e. The molecule has 2 aliphatic heterocycles. The van der Waals surface area contributed by atoms with Gasteiger partial charge in [0.05, 0.1) is 6.54 Å². The molecule has 0 aromatic heterocycles. The summed E-state index contributed by atoms with van der Waals surface area (Å²) in [7, 11) is 0. The Morgan fingerprint density at radius 1 is 0.750 bits per heavy atom. The minimum atomic E-state index is 0.403. The van der Waals surface area contributed by atoms with Crippen molar-refractivity contribution in [1.82, 2.24) is 9.80 Å². The second-order valence-electron chi connectivity index (χ2n) is 6.37. The molecule has 0 aliphatic carbocycles. The molecule has 2 rings (SSSR count). The van der Waals surface area contributed by atoms with Gasteiger partial charge in [-0.3, -0.25) is 14.5 Å². The molecule has 2 fully saturated rings. The molecule has 0 bridgehead atoms. The fourth-order valence-corrected chi connectivity index (χ4v) is 2.59. The first-order valence-corrected chi connectivity index (χ1v) is 7.91. The molecule has 0 aromatic carbocycles. The van der Waals surface area contributed by atoms with Gasteiger partial charge < -0.3 is 4.90 Å². The lowest BCUT2D eigenvalue weighted by Crippen LogP contribution is -2.40. The molecule has 0 saturated carbocycles. The predicted molar refractivity (Wildman–Crippen MR) is 81.9 cm³/mol. The van der Waals surface area contributed by atoms with Crippen molar-refractivity contribution in [2.45, 2.75) is 65.5 Å². The fourth-order valence-electron chi connectivity index (χ4n) is 2.59. The quantitative estimate of drug-likeness (QED) is 0.778. The summed E-state index contributed by atoms with van der Waals surface area (Å²) in [4.78, 5) is 26.3. The van der Waals surface area contributed by atoms with E-state index < -0.39 is 0 Å². The zero-order valence-electron chi connectivity index (χ0n) is 13.5. The van der Waals surface area contributed by atoms with Gasteiger partial charge in [0.25, 0.3) is 0 Å². The summed E-state index contributed by atoms with van der Waals surface area (Å²) in [6.45, 7) is 12.3. The van der Waals surface area contributed by atoms with Gasteiger partial charge in [0.15, 0.2) is 0 Å². The third-order valence-electron chi connectivity index (χ3n) is 4.10. The topological polar surface area (TPSA) is 40.6 Å². The number of carbonyl (C=O) groups excluding carboxylic acids is 2. The minimum absolute atomic E-state index is 0.403. The van der Waals surface area contributed by atoms with Crippen molar-refractivity contribution in [2.75, 3.05) is 26.2 Å². The predicted octanol–water partition coefficient (Wildman–Crippen LogP) is 2.12. The summed E-state index contributed by atoms with van der Waals surface area (Å²) in [6.07, 6.45) is 3.37. The molecule has 20 heavy (non-hydrogen) atoms. The lowest BCUT2D eigenvalue weighted by atomic mass is 10.1. The molecule has 0 spiro atoms. The normalized spacial score (nSPS) is 22.1. The highest BCUT2D eigenvalue weighted by atomic mass is 16.1. The first kappa shape index (κ1) is 17.3. The molecular weight excluding hydrogens is 252 g/mol. The molecule has 4 heteroatoms. The van der Waals surface area contributed by atoms with Crippen LogP contribution in [-0.2, 0) is 9.59 Å². The third-order valence-corrected chi connectivity index (χ3v) is 4.10. The number of ketones is 2. The highest BCUT2D eigenvalue weighted by Gasteiger charge is 2.18. The van der Waals surface area contributed by atoms with Crippen LogP contribution >= 0.6 is 0 Å². The Labute approximate surface area is 123 Å². The summed E-state index contributed by atoms with van der Waals surface area (Å²) < 4.78 is 0. The van der Waals surface area contributed by atoms with Gasteiger partial charge in [-0.2, -0.15) is 0 Å². The van der Waals surface area contributed by atoms with Crippen molar-refractivity contribution in [1.29, 1.82) is 0 Å². The number of hydrogen-bond acceptors (Lipinski definition) is 4. The van der Waals surface area contributed by atoms with Gasteiger partial charge in [-0.1, -0.05) is 0 Å². The molecule has 2 heterocycles. The smallest absolute Gasteiger partial charge is 0.146 e. The second-order valence-corrected chi connectivity index (χ2v) is 6.37. The van der Waals surface area contributed by atoms with Crippen LogP contribution in [0.4, 0.5) is 0 Å². The Balaban J connectivity index is 0.000000200. The number of likely N-dealkylation sites (tertiary alicyclic amines) is 2. The van der Waals surface area contributed by atoms with Crippen molar-refractivity contribution in [3.8, 4) is 0 Å². The molecule has 0 aromatic rings. The number of carbonyl (C=O) groups is 2. The van der Waals surface area contributed by atoms with Crippen LogP contribution in [0.5, 0.6) is 0 Å². The van der Waals surface area contributed by atoms with E-state index in [4.69, 9.17) is 0 Å². The highest BCUT2D eigenvalue weighted by Crippen LogP contribution is 2.09. The van der Waals surface area contributed by atoms with Gasteiger partial charge in [-0.25, -0.2) is 0 Å². The van der Waals surface area contributed by atoms with Crippen LogP contribution < -0.4 is 0 Å². The lowest BCUT2D eigenvalue weighted by Gasteiger charge is -2.29. The van der Waals surface area contributed by atoms with Gasteiger partial charge in [0, 0.05) is 44.4 Å². The van der Waals surface area contributed by atoms with Crippen molar-refractivity contribution < 1.29 is 9.59 Å². The van der Waals surface area contributed by atoms with Crippen LogP contribution in [0.2, 0.25) is 0 Å². The monoisotopic (exact) mass is 282 g/mol. The lowest BCUT2D eigenvalue weighted by molar-refractivity contribution is -0.123. The molecule has 0 amide bonds. The van der Waals surface area contributed by atoms with E-state index in [-0.39, 0.29) is 0 Å². The Morgan fingerprint density at radius 3 is 1.70 bits per heavy atom. The summed E-state index contributed by atoms with van der Waals surface area (Å²) in [5.41, 5.74) is 0. The molecule has 2 aliphatic rings. The molecule has 0 N–H and O–H groups in total. The summed E-state index contributed by atoms with van der Waals surface area (Å²) >= 11 is 0. The maximum atomic E-state index is 10.9. The molecule has 2 saturated heterocycles. The average Bonchev–Trinajstić information content (AvgIpc) is 2.40. The van der Waals surface area contributed by atoms with Crippen molar-refractivity contribution in [3.05, 3.63) is 0 Å². The zero-order chi connectivity index (χ0) is 15.1. The SMILES string of the molecule is CC(C)N1CCC(=O)CC1.CC(C)N1CCCC(=O)C1. The molecule has 116 valence electrons. The Morgan fingerprint density at radius 2 is 1.30 bits per heavy atom. The van der Waals surface area contributed by atoms with Crippen LogP contribution in [0.1, 0.15) is 53.4 Å². The molecule has 0 atom stereocenters. The maximum absolute atomic E-state index is 10.9. The number of rotatable bonds is 2. The average molecular weight is 282 g/mol. The zero-order valence-corrected chi connectivity index (χ0v) is 13.5. The summed E-state index contributed by atoms with van der Waals surface area (Å²) in [5.74, 6) is 0.830. The number of piperidine rings is 2. The van der Waals surface area contributed by atoms with Gasteiger partial charge in [-0.05, 0) is 40.7 Å². The number of hydrogen-bond donors (Lipinski definition) is 0. The van der Waals surface area contributed by atoms with E-state index in [1.54, 1.807) is 0 Å². The Hall–Kier alpha value is -0.740. The first-order valence-electron chi connectivity index (χ1n) is 7.91. The van der Waals surface area contributed by atoms with Gasteiger partial charge >= 0.3 is 0 Å². The molecule has 0 unspecified atom stereocenters. The Kier molecular flexibility index (Phi) is 7.38. The van der Waals surface area contributed by atoms with Gasteiger partial charge in [0.1, 0.15) is 11.6 Å². The van der Waals surface area contributed by atoms with E-state index in [1.807, 2.05) is 0 Å². The van der Waals surface area contributed by atoms with Crippen molar-refractivity contribution in [2.24, 2.45) is 0 Å². The Bertz CT molecular complexity index is 316. The summed E-state index contributed by atoms with van der Waals surface area (Å²) in [6, 6.07) is 1.14. The van der Waals surface area contributed by atoms with Crippen molar-refractivity contribution >= 4 is 11.6 Å². The highest BCUT2D eigenvalue weighted by molar-refractivity contribution is 5.81. The van der Waals surface area contributed by atoms with Crippen LogP contribution in [-0.4, -0.2) is 59.6 Å². The largest absolute Gasteiger partial charge is 0.300 e. The van der Waals surface area contributed by atoms with E-state index >= 15 is 0 Å². The van der Waals surface area contributed by atoms with E-state index in [9.17, 15) is 9.59 Å². The van der Waals surface area contributed by atoms with Gasteiger partial charge in [0.2, 0.25) is 0 Å². The van der Waals surface area contributed by atoms with Gasteiger partial charge in [-0.15, -0.1) is 0 Å². The maximum Gasteiger partial charge on any atom is 0.146 e. The van der Waals surface area contributed by atoms with Crippen LogP contribution in [0.15, 0.2) is 0 Å². The molecule has 0 radical (unpaired) electrons. The van der Waals surface area contributed by atoms with E-state index in [2.05, 4.69) is 37.5 Å². The molecule has 4 nitrogen and oxygen atoms in total. The fraction of sp³-hybridized carbons (Fsp3) is 0.875. The first-order chi connectivity index (χ1) is 9.40. The third kappa shape index (κ3) is 6.14. The second kappa shape index (κ2) is 8.53. The van der Waals surface area contributed by atoms with E-state index in [0.29, 0.717) is 30.2 Å². The van der Waals surface area contributed by atoms with Crippen LogP contribution in [0, 0.1) is 0 Å².